The second kappa shape index (κ2) is 9.98. The number of carbonyl (C=O) groups excluding carboxylic acids is 2. The Morgan fingerprint density at radius 3 is 2.55 bits per heavy atom. The molecule has 6 nitrogen and oxygen atoms in total. The minimum absolute atomic E-state index is 0.140. The largest absolute Gasteiger partial charge is 0.462 e. The van der Waals surface area contributed by atoms with Crippen molar-refractivity contribution in [3.63, 3.8) is 0 Å². The van der Waals surface area contributed by atoms with Gasteiger partial charge in [0.15, 0.2) is 0 Å². The molecule has 31 heavy (non-hydrogen) atoms. The van der Waals surface area contributed by atoms with Crippen LogP contribution in [0, 0.1) is 11.3 Å². The predicted octanol–water partition coefficient (Wildman–Crippen LogP) is 5.98. The zero-order valence-electron chi connectivity index (χ0n) is 16.3. The first-order valence-electron chi connectivity index (χ1n) is 9.17. The van der Waals surface area contributed by atoms with Crippen LogP contribution >= 0.6 is 23.2 Å². The predicted molar refractivity (Wildman–Crippen MR) is 119 cm³/mol. The SMILES string of the molecule is CCOC(=O)c1cc(-c2ccc(/C=C(\C#N)C(=O)Nc3ccc(Cl)cc3)o2)ccc1Cl. The van der Waals surface area contributed by atoms with Crippen LogP contribution in [-0.2, 0) is 9.53 Å². The highest BCUT2D eigenvalue weighted by Gasteiger charge is 2.15. The molecule has 1 amide bonds. The molecule has 0 spiro atoms. The highest BCUT2D eigenvalue weighted by molar-refractivity contribution is 6.33. The fourth-order valence-electron chi connectivity index (χ4n) is 2.65. The van der Waals surface area contributed by atoms with Crippen molar-refractivity contribution in [2.24, 2.45) is 0 Å². The number of hydrogen-bond acceptors (Lipinski definition) is 5. The quantitative estimate of drug-likeness (QED) is 0.281. The van der Waals surface area contributed by atoms with E-state index in [4.69, 9.17) is 32.4 Å². The van der Waals surface area contributed by atoms with Crippen molar-refractivity contribution in [2.75, 3.05) is 11.9 Å². The summed E-state index contributed by atoms with van der Waals surface area (Å²) in [5, 5.41) is 12.8. The Morgan fingerprint density at radius 1 is 1.13 bits per heavy atom. The molecule has 0 unspecified atom stereocenters. The van der Waals surface area contributed by atoms with Crippen molar-refractivity contribution in [3.8, 4) is 17.4 Å². The molecule has 0 aliphatic rings. The van der Waals surface area contributed by atoms with Gasteiger partial charge in [0.25, 0.3) is 5.91 Å². The normalized spacial score (nSPS) is 11.0. The van der Waals surface area contributed by atoms with E-state index >= 15 is 0 Å². The topological polar surface area (TPSA) is 92.3 Å². The van der Waals surface area contributed by atoms with Crippen LogP contribution in [0.1, 0.15) is 23.0 Å². The lowest BCUT2D eigenvalue weighted by molar-refractivity contribution is -0.112. The van der Waals surface area contributed by atoms with Crippen LogP contribution in [0.25, 0.3) is 17.4 Å². The first-order chi connectivity index (χ1) is 14.9. The van der Waals surface area contributed by atoms with Gasteiger partial charge in [-0.25, -0.2) is 4.79 Å². The van der Waals surface area contributed by atoms with Crippen molar-refractivity contribution in [1.82, 2.24) is 0 Å². The first-order valence-corrected chi connectivity index (χ1v) is 9.92. The average molecular weight is 455 g/mol. The summed E-state index contributed by atoms with van der Waals surface area (Å²) in [6, 6.07) is 16.5. The molecule has 1 aromatic heterocycles. The molecule has 3 rings (SSSR count). The van der Waals surface area contributed by atoms with Crippen molar-refractivity contribution in [1.29, 1.82) is 5.26 Å². The summed E-state index contributed by atoms with van der Waals surface area (Å²) in [7, 11) is 0. The number of nitrogens with zero attached hydrogens (tertiary/aromatic N) is 1. The molecule has 0 radical (unpaired) electrons. The van der Waals surface area contributed by atoms with Crippen LogP contribution in [0.5, 0.6) is 0 Å². The van der Waals surface area contributed by atoms with Gasteiger partial charge in [-0.05, 0) is 61.5 Å². The molecule has 156 valence electrons. The molecule has 1 N–H and O–H groups in total. The molecule has 0 atom stereocenters. The molecule has 0 saturated heterocycles. The average Bonchev–Trinajstić information content (AvgIpc) is 3.22. The number of carbonyl (C=O) groups is 2. The Balaban J connectivity index is 1.82. The van der Waals surface area contributed by atoms with E-state index in [0.717, 1.165) is 0 Å². The molecule has 8 heteroatoms. The molecule has 0 bridgehead atoms. The Labute approximate surface area is 188 Å². The first kappa shape index (κ1) is 22.2. The number of rotatable bonds is 6. The lowest BCUT2D eigenvalue weighted by Gasteiger charge is -2.06. The number of amides is 1. The molecular weight excluding hydrogens is 439 g/mol. The van der Waals surface area contributed by atoms with Crippen LogP contribution in [0.4, 0.5) is 5.69 Å². The van der Waals surface area contributed by atoms with E-state index < -0.39 is 11.9 Å². The summed E-state index contributed by atoms with van der Waals surface area (Å²) >= 11 is 11.9. The van der Waals surface area contributed by atoms with Gasteiger partial charge in [-0.3, -0.25) is 4.79 Å². The molecule has 3 aromatic rings. The van der Waals surface area contributed by atoms with Crippen molar-refractivity contribution in [3.05, 3.63) is 81.5 Å². The molecule has 0 fully saturated rings. The Bertz CT molecular complexity index is 1190. The minimum Gasteiger partial charge on any atom is -0.462 e. The second-order valence-electron chi connectivity index (χ2n) is 6.25. The number of furan rings is 1. The number of ether oxygens (including phenoxy) is 1. The van der Waals surface area contributed by atoms with Gasteiger partial charge in [-0.2, -0.15) is 5.26 Å². The van der Waals surface area contributed by atoms with Crippen molar-refractivity contribution in [2.45, 2.75) is 6.92 Å². The zero-order valence-corrected chi connectivity index (χ0v) is 17.8. The number of benzene rings is 2. The molecular formula is C23H16Cl2N2O4. The van der Waals surface area contributed by atoms with Gasteiger partial charge in [0, 0.05) is 22.3 Å². The van der Waals surface area contributed by atoms with Gasteiger partial charge in [0.2, 0.25) is 0 Å². The van der Waals surface area contributed by atoms with Gasteiger partial charge < -0.3 is 14.5 Å². The fraction of sp³-hybridized carbons (Fsp3) is 0.0870. The zero-order chi connectivity index (χ0) is 22.4. The fourth-order valence-corrected chi connectivity index (χ4v) is 2.97. The third-order valence-electron chi connectivity index (χ3n) is 4.13. The van der Waals surface area contributed by atoms with Crippen LogP contribution in [-0.4, -0.2) is 18.5 Å². The van der Waals surface area contributed by atoms with Gasteiger partial charge in [-0.1, -0.05) is 23.2 Å². The highest BCUT2D eigenvalue weighted by Crippen LogP contribution is 2.28. The van der Waals surface area contributed by atoms with Gasteiger partial charge in [0.1, 0.15) is 23.2 Å². The third kappa shape index (κ3) is 5.54. The summed E-state index contributed by atoms with van der Waals surface area (Å²) in [5.74, 6) is -0.389. The number of nitriles is 1. The number of halogens is 2. The van der Waals surface area contributed by atoms with Crippen LogP contribution in [0.2, 0.25) is 10.0 Å². The maximum Gasteiger partial charge on any atom is 0.339 e. The summed E-state index contributed by atoms with van der Waals surface area (Å²) in [6.45, 7) is 1.93. The van der Waals surface area contributed by atoms with Crippen LogP contribution in [0.3, 0.4) is 0 Å². The van der Waals surface area contributed by atoms with E-state index in [-0.39, 0.29) is 22.8 Å². The standard InChI is InChI=1S/C23H16Cl2N2O4/c1-2-30-23(29)19-12-14(3-9-20(19)25)21-10-8-18(31-21)11-15(13-26)22(28)27-17-6-4-16(24)5-7-17/h3-12H,2H2,1H3,(H,27,28)/b15-11+. The smallest absolute Gasteiger partial charge is 0.339 e. The Kier molecular flexibility index (Phi) is 7.14. The highest BCUT2D eigenvalue weighted by atomic mass is 35.5. The van der Waals surface area contributed by atoms with Gasteiger partial charge in [-0.15, -0.1) is 0 Å². The molecule has 0 aliphatic heterocycles. The monoisotopic (exact) mass is 454 g/mol. The summed E-state index contributed by atoms with van der Waals surface area (Å²) < 4.78 is 10.7. The second-order valence-corrected chi connectivity index (χ2v) is 7.09. The van der Waals surface area contributed by atoms with Gasteiger partial charge >= 0.3 is 5.97 Å². The van der Waals surface area contributed by atoms with Crippen LogP contribution < -0.4 is 5.32 Å². The molecule has 2 aromatic carbocycles. The number of esters is 1. The Morgan fingerprint density at radius 2 is 1.87 bits per heavy atom. The number of hydrogen-bond donors (Lipinski definition) is 1. The van der Waals surface area contributed by atoms with Crippen molar-refractivity contribution < 1.29 is 18.7 Å². The van der Waals surface area contributed by atoms with E-state index in [0.29, 0.717) is 27.8 Å². The number of anilines is 1. The molecule has 1 heterocycles. The molecule has 0 aliphatic carbocycles. The van der Waals surface area contributed by atoms with E-state index in [9.17, 15) is 14.9 Å². The summed E-state index contributed by atoms with van der Waals surface area (Å²) in [5.41, 5.74) is 1.17. The minimum atomic E-state index is -0.584. The van der Waals surface area contributed by atoms with Gasteiger partial charge in [0.05, 0.1) is 17.2 Å². The lowest BCUT2D eigenvalue weighted by atomic mass is 10.1. The van der Waals surface area contributed by atoms with E-state index in [1.807, 2.05) is 6.07 Å². The Hall–Kier alpha value is -3.53. The summed E-state index contributed by atoms with van der Waals surface area (Å²) in [4.78, 5) is 24.4. The molecule has 0 saturated carbocycles. The summed E-state index contributed by atoms with van der Waals surface area (Å²) in [6.07, 6.45) is 1.33. The maximum atomic E-state index is 12.4. The van der Waals surface area contributed by atoms with Crippen LogP contribution in [0.15, 0.2) is 64.6 Å². The lowest BCUT2D eigenvalue weighted by Crippen LogP contribution is -2.13. The van der Waals surface area contributed by atoms with E-state index in [2.05, 4.69) is 5.32 Å². The van der Waals surface area contributed by atoms with E-state index in [1.165, 1.54) is 6.08 Å². The third-order valence-corrected chi connectivity index (χ3v) is 4.71. The van der Waals surface area contributed by atoms with Crippen molar-refractivity contribution >= 4 is 46.8 Å². The maximum absolute atomic E-state index is 12.4. The van der Waals surface area contributed by atoms with E-state index in [1.54, 1.807) is 61.5 Å². The number of nitrogens with one attached hydrogen (secondary N) is 1.